The Hall–Kier alpha value is -2.09. The van der Waals surface area contributed by atoms with Crippen molar-refractivity contribution in [1.29, 1.82) is 0 Å². The number of anilines is 1. The summed E-state index contributed by atoms with van der Waals surface area (Å²) in [7, 11) is 0. The molecular weight excluding hydrogens is 333 g/mol. The monoisotopic (exact) mass is 351 g/mol. The standard InChI is InChI=1S/C16H18FN3O3S/c17-10-5-7-11(8-6-10)18-15(22)19-12-3-1-2-4-13(12)20-14(21)9-24-16(20)23/h5-8,12-13H,1-4,9H2,(H2,18,19,22). The number of nitrogens with zero attached hydrogens (tertiary/aromatic N) is 1. The molecule has 4 amide bonds. The molecule has 3 rings (SSSR count). The highest BCUT2D eigenvalue weighted by atomic mass is 32.2. The molecule has 2 N–H and O–H groups in total. The number of halogens is 1. The molecule has 2 unspecified atom stereocenters. The van der Waals surface area contributed by atoms with Gasteiger partial charge in [0.2, 0.25) is 5.91 Å². The lowest BCUT2D eigenvalue weighted by atomic mass is 9.89. The molecule has 6 nitrogen and oxygen atoms in total. The molecule has 2 aliphatic rings. The van der Waals surface area contributed by atoms with Gasteiger partial charge in [0.1, 0.15) is 5.82 Å². The molecule has 1 saturated heterocycles. The third-order valence-corrected chi connectivity index (χ3v) is 5.10. The quantitative estimate of drug-likeness (QED) is 0.878. The topological polar surface area (TPSA) is 78.5 Å². The van der Waals surface area contributed by atoms with E-state index in [0.29, 0.717) is 18.5 Å². The Labute approximate surface area is 143 Å². The number of thioether (sulfide) groups is 1. The highest BCUT2D eigenvalue weighted by molar-refractivity contribution is 8.14. The number of rotatable bonds is 3. The van der Waals surface area contributed by atoms with Gasteiger partial charge in [0.25, 0.3) is 5.24 Å². The number of carbonyl (C=O) groups excluding carboxylic acids is 3. The Morgan fingerprint density at radius 1 is 1.17 bits per heavy atom. The lowest BCUT2D eigenvalue weighted by Gasteiger charge is -2.36. The van der Waals surface area contributed by atoms with Crippen LogP contribution in [-0.2, 0) is 4.79 Å². The molecule has 1 aromatic rings. The number of hydrogen-bond acceptors (Lipinski definition) is 4. The minimum absolute atomic E-state index is 0.170. The smallest absolute Gasteiger partial charge is 0.319 e. The van der Waals surface area contributed by atoms with Crippen LogP contribution in [0.3, 0.4) is 0 Å². The minimum atomic E-state index is -0.426. The molecule has 8 heteroatoms. The summed E-state index contributed by atoms with van der Waals surface area (Å²) in [5.74, 6) is -0.399. The lowest BCUT2D eigenvalue weighted by molar-refractivity contribution is -0.127. The predicted molar refractivity (Wildman–Crippen MR) is 89.3 cm³/mol. The summed E-state index contributed by atoms with van der Waals surface area (Å²) < 4.78 is 12.9. The third-order valence-electron chi connectivity index (χ3n) is 4.26. The first-order chi connectivity index (χ1) is 11.5. The summed E-state index contributed by atoms with van der Waals surface area (Å²) in [6.45, 7) is 0. The van der Waals surface area contributed by atoms with Crippen molar-refractivity contribution in [2.45, 2.75) is 37.8 Å². The summed E-state index contributed by atoms with van der Waals surface area (Å²) >= 11 is 1.01. The van der Waals surface area contributed by atoms with Gasteiger partial charge in [-0.05, 0) is 37.1 Å². The van der Waals surface area contributed by atoms with Crippen LogP contribution in [-0.4, -0.2) is 39.9 Å². The first-order valence-corrected chi connectivity index (χ1v) is 8.85. The van der Waals surface area contributed by atoms with E-state index in [1.165, 1.54) is 29.2 Å². The maximum absolute atomic E-state index is 12.9. The fourth-order valence-electron chi connectivity index (χ4n) is 3.14. The summed E-state index contributed by atoms with van der Waals surface area (Å²) in [6, 6.07) is 4.47. The normalized spacial score (nSPS) is 24.1. The van der Waals surface area contributed by atoms with Crippen LogP contribution < -0.4 is 10.6 Å². The summed E-state index contributed by atoms with van der Waals surface area (Å²) in [4.78, 5) is 37.4. The predicted octanol–water partition coefficient (Wildman–Crippen LogP) is 2.95. The number of imide groups is 1. The number of amides is 4. The van der Waals surface area contributed by atoms with Gasteiger partial charge >= 0.3 is 6.03 Å². The highest BCUT2D eigenvalue weighted by Gasteiger charge is 2.41. The van der Waals surface area contributed by atoms with Gasteiger partial charge in [0, 0.05) is 5.69 Å². The first kappa shape index (κ1) is 16.8. The molecular formula is C16H18FN3O3S. The van der Waals surface area contributed by atoms with Gasteiger partial charge < -0.3 is 10.6 Å². The summed E-state index contributed by atoms with van der Waals surface area (Å²) in [6.07, 6.45) is 3.26. The Morgan fingerprint density at radius 2 is 1.88 bits per heavy atom. The SMILES string of the molecule is O=C(Nc1ccc(F)cc1)NC1CCCCC1N1C(=O)CSC1=O. The van der Waals surface area contributed by atoms with E-state index in [0.717, 1.165) is 24.6 Å². The van der Waals surface area contributed by atoms with Gasteiger partial charge in [-0.2, -0.15) is 0 Å². The average molecular weight is 351 g/mol. The zero-order valence-corrected chi connectivity index (χ0v) is 13.8. The fourth-order valence-corrected chi connectivity index (χ4v) is 3.90. The molecule has 0 spiro atoms. The van der Waals surface area contributed by atoms with E-state index in [1.807, 2.05) is 0 Å². The van der Waals surface area contributed by atoms with Crippen LogP contribution >= 0.6 is 11.8 Å². The highest BCUT2D eigenvalue weighted by Crippen LogP contribution is 2.30. The van der Waals surface area contributed by atoms with E-state index in [2.05, 4.69) is 10.6 Å². The zero-order chi connectivity index (χ0) is 17.1. The number of urea groups is 1. The second kappa shape index (κ2) is 7.21. The van der Waals surface area contributed by atoms with Crippen LogP contribution in [0.4, 0.5) is 19.7 Å². The van der Waals surface area contributed by atoms with Crippen molar-refractivity contribution in [3.63, 3.8) is 0 Å². The number of hydrogen-bond donors (Lipinski definition) is 2. The fraction of sp³-hybridized carbons (Fsp3) is 0.438. The van der Waals surface area contributed by atoms with Crippen LogP contribution in [0, 0.1) is 5.82 Å². The summed E-state index contributed by atoms with van der Waals surface area (Å²) in [5, 5.41) is 5.25. The van der Waals surface area contributed by atoms with Gasteiger partial charge in [-0.25, -0.2) is 9.18 Å². The Morgan fingerprint density at radius 3 is 2.54 bits per heavy atom. The van der Waals surface area contributed by atoms with Gasteiger partial charge in [-0.1, -0.05) is 24.6 Å². The zero-order valence-electron chi connectivity index (χ0n) is 13.0. The van der Waals surface area contributed by atoms with Gasteiger partial charge in [0.05, 0.1) is 17.8 Å². The van der Waals surface area contributed by atoms with Gasteiger partial charge in [-0.15, -0.1) is 0 Å². The van der Waals surface area contributed by atoms with Crippen LogP contribution in [0.5, 0.6) is 0 Å². The lowest BCUT2D eigenvalue weighted by Crippen LogP contribution is -2.55. The molecule has 2 fully saturated rings. The molecule has 1 aliphatic carbocycles. The van der Waals surface area contributed by atoms with Crippen LogP contribution in [0.25, 0.3) is 0 Å². The van der Waals surface area contributed by atoms with Crippen molar-refractivity contribution in [1.82, 2.24) is 10.2 Å². The molecule has 2 atom stereocenters. The Kier molecular flexibility index (Phi) is 5.03. The van der Waals surface area contributed by atoms with Crippen molar-refractivity contribution in [3.05, 3.63) is 30.1 Å². The average Bonchev–Trinajstić information content (AvgIpc) is 2.89. The van der Waals surface area contributed by atoms with E-state index >= 15 is 0 Å². The molecule has 128 valence electrons. The van der Waals surface area contributed by atoms with E-state index in [-0.39, 0.29) is 34.8 Å². The molecule has 1 heterocycles. The number of benzene rings is 1. The largest absolute Gasteiger partial charge is 0.333 e. The maximum atomic E-state index is 12.9. The van der Waals surface area contributed by atoms with E-state index in [9.17, 15) is 18.8 Å². The van der Waals surface area contributed by atoms with Crippen LogP contribution in [0.2, 0.25) is 0 Å². The van der Waals surface area contributed by atoms with Gasteiger partial charge in [0.15, 0.2) is 0 Å². The van der Waals surface area contributed by atoms with Crippen molar-refractivity contribution >= 4 is 34.6 Å². The number of nitrogens with one attached hydrogen (secondary N) is 2. The van der Waals surface area contributed by atoms with Crippen molar-refractivity contribution in [2.75, 3.05) is 11.1 Å². The molecule has 1 aliphatic heterocycles. The maximum Gasteiger partial charge on any atom is 0.319 e. The van der Waals surface area contributed by atoms with Crippen molar-refractivity contribution in [2.24, 2.45) is 0 Å². The minimum Gasteiger partial charge on any atom is -0.333 e. The van der Waals surface area contributed by atoms with E-state index in [1.54, 1.807) is 0 Å². The molecule has 1 aromatic carbocycles. The van der Waals surface area contributed by atoms with Crippen molar-refractivity contribution in [3.8, 4) is 0 Å². The Balaban J connectivity index is 1.65. The first-order valence-electron chi connectivity index (χ1n) is 7.86. The van der Waals surface area contributed by atoms with E-state index < -0.39 is 6.03 Å². The molecule has 0 bridgehead atoms. The third kappa shape index (κ3) is 3.69. The summed E-state index contributed by atoms with van der Waals surface area (Å²) in [5.41, 5.74) is 0.477. The molecule has 24 heavy (non-hydrogen) atoms. The van der Waals surface area contributed by atoms with Crippen LogP contribution in [0.1, 0.15) is 25.7 Å². The second-order valence-electron chi connectivity index (χ2n) is 5.88. The molecule has 0 radical (unpaired) electrons. The van der Waals surface area contributed by atoms with Crippen LogP contribution in [0.15, 0.2) is 24.3 Å². The van der Waals surface area contributed by atoms with E-state index in [4.69, 9.17) is 0 Å². The molecule has 1 saturated carbocycles. The number of carbonyl (C=O) groups is 3. The second-order valence-corrected chi connectivity index (χ2v) is 6.81. The molecule has 0 aromatic heterocycles. The van der Waals surface area contributed by atoms with Crippen molar-refractivity contribution < 1.29 is 18.8 Å². The Bertz CT molecular complexity index is 636. The van der Waals surface area contributed by atoms with Gasteiger partial charge in [-0.3, -0.25) is 14.5 Å².